The number of aryl methyl sites for hydroxylation is 1. The fraction of sp³-hybridized carbons (Fsp3) is 0.467. The number of para-hydroxylation sites is 1. The van der Waals surface area contributed by atoms with Crippen LogP contribution in [0.15, 0.2) is 24.3 Å². The molecular formula is C15H20N2O3S. The van der Waals surface area contributed by atoms with Gasteiger partial charge in [0.25, 0.3) is 0 Å². The number of urea groups is 1. The highest BCUT2D eigenvalue weighted by Gasteiger charge is 2.21. The molecule has 1 atom stereocenters. The number of carboxylic acid groups (broad SMARTS) is 1. The maximum absolute atomic E-state index is 12.3. The molecule has 1 aliphatic heterocycles. The molecule has 1 saturated heterocycles. The Hall–Kier alpha value is -1.69. The van der Waals surface area contributed by atoms with Gasteiger partial charge in [0.05, 0.1) is 0 Å². The lowest BCUT2D eigenvalue weighted by Gasteiger charge is -2.30. The van der Waals surface area contributed by atoms with E-state index in [0.29, 0.717) is 17.4 Å². The number of benzene rings is 1. The maximum atomic E-state index is 12.3. The SMILES string of the molecule is CC1CN(C(=O)Nc2ccccc2CCC(=O)O)CCS1. The van der Waals surface area contributed by atoms with Gasteiger partial charge in [-0.15, -0.1) is 0 Å². The third-order valence-corrected chi connectivity index (χ3v) is 4.53. The Balaban J connectivity index is 2.01. The van der Waals surface area contributed by atoms with Crippen molar-refractivity contribution in [3.8, 4) is 0 Å². The van der Waals surface area contributed by atoms with Crippen LogP contribution in [0, 0.1) is 0 Å². The Morgan fingerprint density at radius 3 is 2.90 bits per heavy atom. The number of amides is 2. The predicted molar refractivity (Wildman–Crippen MR) is 84.9 cm³/mol. The fourth-order valence-corrected chi connectivity index (χ4v) is 3.31. The molecule has 1 fully saturated rings. The fourth-order valence-electron chi connectivity index (χ4n) is 2.30. The summed E-state index contributed by atoms with van der Waals surface area (Å²) in [7, 11) is 0. The number of nitrogens with zero attached hydrogens (tertiary/aromatic N) is 1. The van der Waals surface area contributed by atoms with E-state index >= 15 is 0 Å². The molecule has 6 heteroatoms. The highest BCUT2D eigenvalue weighted by molar-refractivity contribution is 7.99. The number of anilines is 1. The summed E-state index contributed by atoms with van der Waals surface area (Å²) in [6.07, 6.45) is 0.475. The lowest BCUT2D eigenvalue weighted by atomic mass is 10.1. The summed E-state index contributed by atoms with van der Waals surface area (Å²) in [4.78, 5) is 24.8. The quantitative estimate of drug-likeness (QED) is 0.897. The summed E-state index contributed by atoms with van der Waals surface area (Å²) >= 11 is 1.87. The van der Waals surface area contributed by atoms with Gasteiger partial charge in [0.2, 0.25) is 0 Å². The Kier molecular flexibility index (Phi) is 5.50. The number of hydrogen-bond acceptors (Lipinski definition) is 3. The van der Waals surface area contributed by atoms with Crippen LogP contribution in [0.2, 0.25) is 0 Å². The molecule has 0 radical (unpaired) electrons. The van der Waals surface area contributed by atoms with Crippen LogP contribution in [0.25, 0.3) is 0 Å². The second-order valence-electron chi connectivity index (χ2n) is 5.11. The highest BCUT2D eigenvalue weighted by Crippen LogP contribution is 2.21. The number of nitrogens with one attached hydrogen (secondary N) is 1. The van der Waals surface area contributed by atoms with E-state index < -0.39 is 5.97 Å². The zero-order valence-electron chi connectivity index (χ0n) is 12.0. The van der Waals surface area contributed by atoms with Crippen molar-refractivity contribution < 1.29 is 14.7 Å². The molecule has 0 saturated carbocycles. The van der Waals surface area contributed by atoms with Gasteiger partial charge in [0.1, 0.15) is 0 Å². The van der Waals surface area contributed by atoms with Crippen LogP contribution in [0.5, 0.6) is 0 Å². The average molecular weight is 308 g/mol. The topological polar surface area (TPSA) is 69.6 Å². The monoisotopic (exact) mass is 308 g/mol. The second kappa shape index (κ2) is 7.36. The minimum absolute atomic E-state index is 0.0598. The molecule has 1 unspecified atom stereocenters. The zero-order valence-corrected chi connectivity index (χ0v) is 12.9. The third-order valence-electron chi connectivity index (χ3n) is 3.40. The van der Waals surface area contributed by atoms with E-state index in [1.165, 1.54) is 0 Å². The van der Waals surface area contributed by atoms with Gasteiger partial charge in [0, 0.05) is 36.2 Å². The molecule has 5 nitrogen and oxygen atoms in total. The zero-order chi connectivity index (χ0) is 15.2. The number of rotatable bonds is 4. The summed E-state index contributed by atoms with van der Waals surface area (Å²) in [5.41, 5.74) is 1.56. The van der Waals surface area contributed by atoms with E-state index in [1.807, 2.05) is 40.9 Å². The minimum Gasteiger partial charge on any atom is -0.481 e. The molecule has 2 rings (SSSR count). The average Bonchev–Trinajstić information content (AvgIpc) is 2.46. The van der Waals surface area contributed by atoms with E-state index in [4.69, 9.17) is 5.11 Å². The number of thioether (sulfide) groups is 1. The summed E-state index contributed by atoms with van der Waals surface area (Å²) in [5, 5.41) is 12.1. The highest BCUT2D eigenvalue weighted by atomic mass is 32.2. The Morgan fingerprint density at radius 2 is 2.19 bits per heavy atom. The number of aliphatic carboxylic acids is 1. The van der Waals surface area contributed by atoms with Gasteiger partial charge in [-0.1, -0.05) is 25.1 Å². The van der Waals surface area contributed by atoms with E-state index in [0.717, 1.165) is 24.4 Å². The third kappa shape index (κ3) is 4.67. The van der Waals surface area contributed by atoms with Crippen LogP contribution in [0.3, 0.4) is 0 Å². The first-order valence-electron chi connectivity index (χ1n) is 7.03. The van der Waals surface area contributed by atoms with E-state index in [1.54, 1.807) is 0 Å². The first-order valence-corrected chi connectivity index (χ1v) is 8.08. The number of carboxylic acids is 1. The summed E-state index contributed by atoms with van der Waals surface area (Å²) in [6.45, 7) is 3.61. The molecule has 0 spiro atoms. The molecule has 21 heavy (non-hydrogen) atoms. The van der Waals surface area contributed by atoms with Crippen molar-refractivity contribution in [1.82, 2.24) is 4.90 Å². The number of carbonyl (C=O) groups excluding carboxylic acids is 1. The molecule has 114 valence electrons. The minimum atomic E-state index is -0.835. The first-order chi connectivity index (χ1) is 10.1. The molecule has 1 heterocycles. The summed E-state index contributed by atoms with van der Waals surface area (Å²) < 4.78 is 0. The van der Waals surface area contributed by atoms with Gasteiger partial charge in [-0.3, -0.25) is 4.79 Å². The maximum Gasteiger partial charge on any atom is 0.321 e. The molecule has 1 aliphatic rings. The predicted octanol–water partition coefficient (Wildman–Crippen LogP) is 2.67. The van der Waals surface area contributed by atoms with E-state index in [-0.39, 0.29) is 12.5 Å². The van der Waals surface area contributed by atoms with Gasteiger partial charge in [-0.05, 0) is 18.1 Å². The van der Waals surface area contributed by atoms with Crippen molar-refractivity contribution in [2.75, 3.05) is 24.2 Å². The first kappa shape index (κ1) is 15.7. The lowest BCUT2D eigenvalue weighted by molar-refractivity contribution is -0.136. The van der Waals surface area contributed by atoms with Gasteiger partial charge in [-0.25, -0.2) is 4.79 Å². The van der Waals surface area contributed by atoms with Crippen molar-refractivity contribution in [1.29, 1.82) is 0 Å². The van der Waals surface area contributed by atoms with E-state index in [2.05, 4.69) is 12.2 Å². The van der Waals surface area contributed by atoms with Crippen LogP contribution >= 0.6 is 11.8 Å². The number of carbonyl (C=O) groups is 2. The van der Waals surface area contributed by atoms with Gasteiger partial charge < -0.3 is 15.3 Å². The van der Waals surface area contributed by atoms with Gasteiger partial charge in [0.15, 0.2) is 0 Å². The van der Waals surface area contributed by atoms with Crippen LogP contribution in [-0.4, -0.2) is 46.1 Å². The van der Waals surface area contributed by atoms with Crippen LogP contribution in [0.4, 0.5) is 10.5 Å². The summed E-state index contributed by atoms with van der Waals surface area (Å²) in [5.74, 6) is 0.118. The summed E-state index contributed by atoms with van der Waals surface area (Å²) in [6, 6.07) is 7.26. The van der Waals surface area contributed by atoms with Gasteiger partial charge in [-0.2, -0.15) is 11.8 Å². The number of hydrogen-bond donors (Lipinski definition) is 2. The molecule has 0 bridgehead atoms. The second-order valence-corrected chi connectivity index (χ2v) is 6.65. The van der Waals surface area contributed by atoms with Crippen LogP contribution < -0.4 is 5.32 Å². The van der Waals surface area contributed by atoms with E-state index in [9.17, 15) is 9.59 Å². The molecule has 2 amide bonds. The normalized spacial score (nSPS) is 18.3. The van der Waals surface area contributed by atoms with Crippen molar-refractivity contribution in [3.05, 3.63) is 29.8 Å². The Labute approximate surface area is 128 Å². The molecular weight excluding hydrogens is 288 g/mol. The van der Waals surface area contributed by atoms with Crippen LogP contribution in [0.1, 0.15) is 18.9 Å². The lowest BCUT2D eigenvalue weighted by Crippen LogP contribution is -2.43. The molecule has 2 N–H and O–H groups in total. The van der Waals surface area contributed by atoms with Crippen molar-refractivity contribution in [3.63, 3.8) is 0 Å². The van der Waals surface area contributed by atoms with Crippen molar-refractivity contribution >= 4 is 29.4 Å². The molecule has 1 aromatic rings. The van der Waals surface area contributed by atoms with Crippen molar-refractivity contribution in [2.24, 2.45) is 0 Å². The standard InChI is InChI=1S/C15H20N2O3S/c1-11-10-17(8-9-21-11)15(20)16-13-5-3-2-4-12(13)6-7-14(18)19/h2-5,11H,6-10H2,1H3,(H,16,20)(H,18,19). The van der Waals surface area contributed by atoms with Crippen molar-refractivity contribution in [2.45, 2.75) is 25.0 Å². The Bertz CT molecular complexity index is 521. The largest absolute Gasteiger partial charge is 0.481 e. The Morgan fingerprint density at radius 1 is 1.43 bits per heavy atom. The molecule has 1 aromatic carbocycles. The smallest absolute Gasteiger partial charge is 0.321 e. The molecule has 0 aliphatic carbocycles. The van der Waals surface area contributed by atoms with Crippen LogP contribution in [-0.2, 0) is 11.2 Å². The molecule has 0 aromatic heterocycles. The van der Waals surface area contributed by atoms with Gasteiger partial charge >= 0.3 is 12.0 Å².